The van der Waals surface area contributed by atoms with Crippen molar-refractivity contribution in [3.8, 4) is 0 Å². The number of aliphatic hydroxyl groups is 3. The van der Waals surface area contributed by atoms with E-state index in [1.807, 2.05) is 0 Å². The first-order valence-corrected chi connectivity index (χ1v) is 4.60. The van der Waals surface area contributed by atoms with Crippen LogP contribution in [0.4, 0.5) is 0 Å². The highest BCUT2D eigenvalue weighted by Gasteiger charge is 2.49. The van der Waals surface area contributed by atoms with Crippen molar-refractivity contribution in [3.63, 3.8) is 0 Å². The molecule has 5 nitrogen and oxygen atoms in total. The molecule has 1 saturated heterocycles. The first kappa shape index (κ1) is 11.9. The van der Waals surface area contributed by atoms with Gasteiger partial charge in [-0.25, -0.2) is 0 Å². The topological polar surface area (TPSA) is 79.2 Å². The van der Waals surface area contributed by atoms with Gasteiger partial charge in [-0.2, -0.15) is 0 Å². The van der Waals surface area contributed by atoms with E-state index in [9.17, 15) is 15.3 Å². The Labute approximate surface area is 83.3 Å². The lowest BCUT2D eigenvalue weighted by Gasteiger charge is -2.46. The van der Waals surface area contributed by atoms with Crippen molar-refractivity contribution in [2.24, 2.45) is 5.41 Å². The van der Waals surface area contributed by atoms with Crippen molar-refractivity contribution in [1.29, 1.82) is 0 Å². The van der Waals surface area contributed by atoms with Gasteiger partial charge in [-0.1, -0.05) is 13.8 Å². The van der Waals surface area contributed by atoms with Crippen molar-refractivity contribution < 1.29 is 24.8 Å². The summed E-state index contributed by atoms with van der Waals surface area (Å²) in [7, 11) is 1.52. The average Bonchev–Trinajstić information content (AvgIpc) is 2.12. The van der Waals surface area contributed by atoms with Crippen LogP contribution in [0.3, 0.4) is 0 Å². The minimum Gasteiger partial charge on any atom is -0.390 e. The number of rotatable bonds is 2. The number of aliphatic hydroxyl groups excluding tert-OH is 3. The molecule has 0 saturated carbocycles. The van der Waals surface area contributed by atoms with E-state index in [4.69, 9.17) is 9.47 Å². The normalized spacial score (nSPS) is 42.4. The summed E-state index contributed by atoms with van der Waals surface area (Å²) in [5.74, 6) is 0. The number of methoxy groups -OCH3 is 1. The minimum absolute atomic E-state index is 0.272. The molecule has 1 aliphatic heterocycles. The number of ether oxygens (including phenoxy) is 2. The molecule has 0 bridgehead atoms. The van der Waals surface area contributed by atoms with Gasteiger partial charge in [-0.15, -0.1) is 0 Å². The molecule has 1 heterocycles. The third-order valence-corrected chi connectivity index (χ3v) is 2.83. The predicted molar refractivity (Wildman–Crippen MR) is 48.6 cm³/mol. The zero-order valence-corrected chi connectivity index (χ0v) is 8.67. The predicted octanol–water partition coefficient (Wildman–Crippen LogP) is -0.902. The molecule has 0 aliphatic carbocycles. The molecule has 3 N–H and O–H groups in total. The third-order valence-electron chi connectivity index (χ3n) is 2.83. The fourth-order valence-electron chi connectivity index (χ4n) is 1.62. The van der Waals surface area contributed by atoms with Crippen LogP contribution in [-0.4, -0.2) is 53.6 Å². The van der Waals surface area contributed by atoms with Gasteiger partial charge in [-0.3, -0.25) is 0 Å². The van der Waals surface area contributed by atoms with Gasteiger partial charge in [0.2, 0.25) is 0 Å². The van der Waals surface area contributed by atoms with Crippen molar-refractivity contribution in [3.05, 3.63) is 0 Å². The molecule has 1 rings (SSSR count). The molecule has 0 radical (unpaired) electrons. The van der Waals surface area contributed by atoms with Gasteiger partial charge in [0.15, 0.2) is 6.29 Å². The molecule has 5 heteroatoms. The Kier molecular flexibility index (Phi) is 3.49. The van der Waals surface area contributed by atoms with E-state index in [0.29, 0.717) is 0 Å². The van der Waals surface area contributed by atoms with Crippen molar-refractivity contribution >= 4 is 0 Å². The molecular formula is C9H18O5. The Hall–Kier alpha value is -0.200. The molecule has 4 unspecified atom stereocenters. The highest BCUT2D eigenvalue weighted by Crippen LogP contribution is 2.35. The van der Waals surface area contributed by atoms with Crippen LogP contribution < -0.4 is 0 Å². The first-order valence-electron chi connectivity index (χ1n) is 4.60. The van der Waals surface area contributed by atoms with E-state index in [-0.39, 0.29) is 6.61 Å². The highest BCUT2D eigenvalue weighted by atomic mass is 16.6. The van der Waals surface area contributed by atoms with Crippen LogP contribution in [0.15, 0.2) is 0 Å². The van der Waals surface area contributed by atoms with E-state index in [1.54, 1.807) is 13.8 Å². The Morgan fingerprint density at radius 3 is 2.36 bits per heavy atom. The monoisotopic (exact) mass is 206 g/mol. The van der Waals surface area contributed by atoms with Gasteiger partial charge >= 0.3 is 0 Å². The first-order chi connectivity index (χ1) is 6.41. The summed E-state index contributed by atoms with van der Waals surface area (Å²) in [5, 5.41) is 28.4. The lowest BCUT2D eigenvalue weighted by Crippen LogP contribution is -2.60. The fourth-order valence-corrected chi connectivity index (χ4v) is 1.62. The van der Waals surface area contributed by atoms with Gasteiger partial charge in [0.05, 0.1) is 18.8 Å². The van der Waals surface area contributed by atoms with Crippen LogP contribution >= 0.6 is 0 Å². The molecule has 0 aromatic carbocycles. The molecule has 0 amide bonds. The zero-order valence-electron chi connectivity index (χ0n) is 8.67. The van der Waals surface area contributed by atoms with Crippen LogP contribution in [0, 0.1) is 5.41 Å². The van der Waals surface area contributed by atoms with Crippen LogP contribution in [0.25, 0.3) is 0 Å². The number of hydrogen-bond donors (Lipinski definition) is 3. The average molecular weight is 206 g/mol. The van der Waals surface area contributed by atoms with E-state index < -0.39 is 30.0 Å². The molecule has 0 aromatic rings. The lowest BCUT2D eigenvalue weighted by molar-refractivity contribution is -0.296. The molecular weight excluding hydrogens is 188 g/mol. The third kappa shape index (κ3) is 1.92. The van der Waals surface area contributed by atoms with E-state index in [0.717, 1.165) is 0 Å². The summed E-state index contributed by atoms with van der Waals surface area (Å²) in [6, 6.07) is 0. The summed E-state index contributed by atoms with van der Waals surface area (Å²) >= 11 is 0. The fraction of sp³-hybridized carbons (Fsp3) is 1.00. The Morgan fingerprint density at radius 1 is 1.29 bits per heavy atom. The van der Waals surface area contributed by atoms with Crippen LogP contribution in [-0.2, 0) is 9.47 Å². The minimum atomic E-state index is -1.35. The van der Waals surface area contributed by atoms with Gasteiger partial charge in [0.1, 0.15) is 6.10 Å². The van der Waals surface area contributed by atoms with Crippen molar-refractivity contribution in [2.75, 3.05) is 13.7 Å². The van der Waals surface area contributed by atoms with Gasteiger partial charge in [-0.05, 0) is 0 Å². The molecule has 4 atom stereocenters. The Bertz CT molecular complexity index is 194. The smallest absolute Gasteiger partial charge is 0.183 e. The van der Waals surface area contributed by atoms with Crippen LogP contribution in [0.5, 0.6) is 0 Å². The molecule has 0 aromatic heterocycles. The summed E-state index contributed by atoms with van der Waals surface area (Å²) in [6.45, 7) is 3.79. The maximum Gasteiger partial charge on any atom is 0.183 e. The van der Waals surface area contributed by atoms with E-state index in [2.05, 4.69) is 0 Å². The largest absolute Gasteiger partial charge is 0.390 e. The van der Waals surface area contributed by atoms with Crippen LogP contribution in [0.2, 0.25) is 0 Å². The van der Waals surface area contributed by atoms with Crippen LogP contribution in [0.1, 0.15) is 13.8 Å². The second-order valence-corrected chi connectivity index (χ2v) is 4.23. The van der Waals surface area contributed by atoms with E-state index in [1.165, 1.54) is 7.11 Å². The second-order valence-electron chi connectivity index (χ2n) is 4.23. The van der Waals surface area contributed by atoms with Gasteiger partial charge in [0.25, 0.3) is 0 Å². The van der Waals surface area contributed by atoms with Crippen molar-refractivity contribution in [2.45, 2.75) is 38.4 Å². The quantitative estimate of drug-likeness (QED) is 0.545. The summed E-state index contributed by atoms with van der Waals surface area (Å²) < 4.78 is 10.1. The summed E-state index contributed by atoms with van der Waals surface area (Å²) in [6.07, 6.45) is -4.07. The zero-order chi connectivity index (χ0) is 10.9. The SMILES string of the molecule is COCC1OC(O)C(O)C(O)C1(C)C. The molecule has 14 heavy (non-hydrogen) atoms. The Morgan fingerprint density at radius 2 is 1.86 bits per heavy atom. The maximum atomic E-state index is 9.73. The van der Waals surface area contributed by atoms with Gasteiger partial charge in [0, 0.05) is 12.5 Å². The number of hydrogen-bond acceptors (Lipinski definition) is 5. The summed E-state index contributed by atoms with van der Waals surface area (Å²) in [4.78, 5) is 0. The van der Waals surface area contributed by atoms with Crippen molar-refractivity contribution in [1.82, 2.24) is 0 Å². The Balaban J connectivity index is 2.78. The molecule has 0 spiro atoms. The lowest BCUT2D eigenvalue weighted by atomic mass is 9.76. The second kappa shape index (κ2) is 4.12. The maximum absolute atomic E-state index is 9.73. The standard InChI is InChI=1S/C9H18O5/c1-9(2)5(4-13-3)14-8(12)6(10)7(9)11/h5-8,10-12H,4H2,1-3H3. The van der Waals surface area contributed by atoms with Gasteiger partial charge < -0.3 is 24.8 Å². The molecule has 84 valence electrons. The highest BCUT2D eigenvalue weighted by molar-refractivity contribution is 4.94. The molecule has 1 aliphatic rings. The van der Waals surface area contributed by atoms with E-state index >= 15 is 0 Å². The summed E-state index contributed by atoms with van der Waals surface area (Å²) in [5.41, 5.74) is -0.644. The molecule has 1 fully saturated rings.